The molecule has 0 saturated carbocycles. The van der Waals surface area contributed by atoms with Crippen LogP contribution in [0.5, 0.6) is 0 Å². The van der Waals surface area contributed by atoms with Crippen molar-refractivity contribution in [2.45, 2.75) is 39.0 Å². The smallest absolute Gasteiger partial charge is 0.191 e. The molecular weight excluding hydrogens is 300 g/mol. The first-order valence-electron chi connectivity index (χ1n) is 7.61. The quantitative estimate of drug-likeness (QED) is 0.583. The summed E-state index contributed by atoms with van der Waals surface area (Å²) in [5, 5.41) is 6.33. The van der Waals surface area contributed by atoms with Crippen molar-refractivity contribution < 1.29 is 8.42 Å². The van der Waals surface area contributed by atoms with Gasteiger partial charge in [0, 0.05) is 32.0 Å². The van der Waals surface area contributed by atoms with Crippen LogP contribution in [0.3, 0.4) is 0 Å². The van der Waals surface area contributed by atoms with Crippen molar-refractivity contribution in [1.82, 2.24) is 15.2 Å². The van der Waals surface area contributed by atoms with E-state index >= 15 is 0 Å². The van der Waals surface area contributed by atoms with Crippen molar-refractivity contribution in [3.05, 3.63) is 24.5 Å². The van der Waals surface area contributed by atoms with Gasteiger partial charge in [-0.15, -0.1) is 0 Å². The molecule has 0 saturated heterocycles. The second kappa shape index (κ2) is 8.22. The Kier molecular flexibility index (Phi) is 6.93. The molecule has 1 heterocycles. The van der Waals surface area contributed by atoms with Gasteiger partial charge in [-0.2, -0.15) is 0 Å². The maximum Gasteiger partial charge on any atom is 0.191 e. The summed E-state index contributed by atoms with van der Waals surface area (Å²) < 4.78 is 25.4. The van der Waals surface area contributed by atoms with Crippen molar-refractivity contribution >= 4 is 15.8 Å². The Hall–Kier alpha value is -1.50. The van der Waals surface area contributed by atoms with Gasteiger partial charge >= 0.3 is 0 Å². The van der Waals surface area contributed by atoms with E-state index in [1.54, 1.807) is 20.8 Å². The SMILES string of the molecule is CCNC(=NCCS(=O)(=O)C(C)(C)C)NCCn1cccc1. The Morgan fingerprint density at radius 3 is 2.36 bits per heavy atom. The third kappa shape index (κ3) is 6.09. The Labute approximate surface area is 133 Å². The van der Waals surface area contributed by atoms with E-state index in [9.17, 15) is 8.42 Å². The van der Waals surface area contributed by atoms with Crippen LogP contribution in [0.2, 0.25) is 0 Å². The molecule has 6 nitrogen and oxygen atoms in total. The van der Waals surface area contributed by atoms with E-state index in [2.05, 4.69) is 20.2 Å². The van der Waals surface area contributed by atoms with E-state index in [1.165, 1.54) is 0 Å². The second-order valence-electron chi connectivity index (χ2n) is 6.04. The zero-order chi connectivity index (χ0) is 16.6. The molecule has 0 aliphatic heterocycles. The molecule has 0 radical (unpaired) electrons. The fourth-order valence-electron chi connectivity index (χ4n) is 1.75. The number of guanidine groups is 1. The molecule has 1 aromatic rings. The summed E-state index contributed by atoms with van der Waals surface area (Å²) in [6, 6.07) is 3.97. The Morgan fingerprint density at radius 1 is 1.18 bits per heavy atom. The molecule has 0 bridgehead atoms. The van der Waals surface area contributed by atoms with E-state index in [-0.39, 0.29) is 12.3 Å². The topological polar surface area (TPSA) is 75.5 Å². The minimum Gasteiger partial charge on any atom is -0.357 e. The lowest BCUT2D eigenvalue weighted by Gasteiger charge is -2.18. The predicted molar refractivity (Wildman–Crippen MR) is 92.0 cm³/mol. The summed E-state index contributed by atoms with van der Waals surface area (Å²) in [4.78, 5) is 4.34. The molecule has 0 atom stereocenters. The van der Waals surface area contributed by atoms with E-state index in [0.29, 0.717) is 5.96 Å². The van der Waals surface area contributed by atoms with Crippen molar-refractivity contribution in [3.63, 3.8) is 0 Å². The van der Waals surface area contributed by atoms with Crippen LogP contribution in [0.1, 0.15) is 27.7 Å². The Morgan fingerprint density at radius 2 is 1.82 bits per heavy atom. The molecule has 7 heteroatoms. The molecule has 0 aliphatic rings. The highest BCUT2D eigenvalue weighted by molar-refractivity contribution is 7.92. The van der Waals surface area contributed by atoms with Gasteiger partial charge in [0.05, 0.1) is 17.0 Å². The van der Waals surface area contributed by atoms with Gasteiger partial charge in [0.15, 0.2) is 15.8 Å². The molecule has 2 N–H and O–H groups in total. The summed E-state index contributed by atoms with van der Waals surface area (Å²) in [5.74, 6) is 0.712. The molecule has 22 heavy (non-hydrogen) atoms. The van der Waals surface area contributed by atoms with E-state index in [0.717, 1.165) is 19.6 Å². The standard InChI is InChI=1S/C15H28N4O2S/c1-5-16-14(17-8-12-19-10-6-7-11-19)18-9-13-22(20,21)15(2,3)4/h6-7,10-11H,5,8-9,12-13H2,1-4H3,(H2,16,17,18). The normalized spacial score (nSPS) is 13.2. The van der Waals surface area contributed by atoms with Crippen molar-refractivity contribution in [3.8, 4) is 0 Å². The third-order valence-corrected chi connectivity index (χ3v) is 5.82. The van der Waals surface area contributed by atoms with E-state index < -0.39 is 14.6 Å². The Bertz CT molecular complexity index is 557. The van der Waals surface area contributed by atoms with Crippen LogP contribution in [0.15, 0.2) is 29.5 Å². The monoisotopic (exact) mass is 328 g/mol. The molecular formula is C15H28N4O2S. The number of aliphatic imine (C=N–C) groups is 1. The van der Waals surface area contributed by atoms with Gasteiger partial charge in [-0.1, -0.05) is 0 Å². The first kappa shape index (κ1) is 18.5. The highest BCUT2D eigenvalue weighted by Crippen LogP contribution is 2.15. The van der Waals surface area contributed by atoms with E-state index in [1.807, 2.05) is 31.5 Å². The van der Waals surface area contributed by atoms with Crippen LogP contribution in [-0.2, 0) is 16.4 Å². The van der Waals surface area contributed by atoms with Crippen LogP contribution >= 0.6 is 0 Å². The molecule has 126 valence electrons. The van der Waals surface area contributed by atoms with Crippen molar-refractivity contribution in [2.75, 3.05) is 25.4 Å². The maximum atomic E-state index is 12.0. The first-order valence-corrected chi connectivity index (χ1v) is 9.27. The number of rotatable bonds is 7. The lowest BCUT2D eigenvalue weighted by Crippen LogP contribution is -2.39. The molecule has 0 spiro atoms. The minimum atomic E-state index is -3.13. The van der Waals surface area contributed by atoms with Gasteiger partial charge in [0.1, 0.15) is 0 Å². The molecule has 1 rings (SSSR count). The highest BCUT2D eigenvalue weighted by Gasteiger charge is 2.28. The maximum absolute atomic E-state index is 12.0. The second-order valence-corrected chi connectivity index (χ2v) is 8.90. The Balaban J connectivity index is 2.48. The van der Waals surface area contributed by atoms with Crippen LogP contribution in [0, 0.1) is 0 Å². The number of aromatic nitrogens is 1. The highest BCUT2D eigenvalue weighted by atomic mass is 32.2. The van der Waals surface area contributed by atoms with Crippen LogP contribution in [-0.4, -0.2) is 49.1 Å². The number of sulfone groups is 1. The minimum absolute atomic E-state index is 0.0602. The van der Waals surface area contributed by atoms with Gasteiger partial charge in [-0.3, -0.25) is 4.99 Å². The number of nitrogens with zero attached hydrogens (tertiary/aromatic N) is 2. The van der Waals surface area contributed by atoms with Gasteiger partial charge in [0.2, 0.25) is 0 Å². The average Bonchev–Trinajstić information content (AvgIpc) is 2.90. The van der Waals surface area contributed by atoms with Crippen molar-refractivity contribution in [1.29, 1.82) is 0 Å². The summed E-state index contributed by atoms with van der Waals surface area (Å²) >= 11 is 0. The first-order chi connectivity index (χ1) is 10.3. The lowest BCUT2D eigenvalue weighted by atomic mass is 10.3. The number of hydrogen-bond acceptors (Lipinski definition) is 3. The summed E-state index contributed by atoms with van der Waals surface area (Å²) in [6.45, 7) is 9.69. The van der Waals surface area contributed by atoms with Gasteiger partial charge < -0.3 is 15.2 Å². The largest absolute Gasteiger partial charge is 0.357 e. The van der Waals surface area contributed by atoms with Crippen molar-refractivity contribution in [2.24, 2.45) is 4.99 Å². The lowest BCUT2D eigenvalue weighted by molar-refractivity contribution is 0.560. The van der Waals surface area contributed by atoms with Crippen LogP contribution < -0.4 is 10.6 Å². The molecule has 0 aliphatic carbocycles. The van der Waals surface area contributed by atoms with Crippen LogP contribution in [0.25, 0.3) is 0 Å². The van der Waals surface area contributed by atoms with Gasteiger partial charge in [-0.05, 0) is 39.8 Å². The molecule has 0 amide bonds. The average molecular weight is 328 g/mol. The summed E-state index contributed by atoms with van der Waals surface area (Å²) in [7, 11) is -3.13. The molecule has 0 unspecified atom stereocenters. The summed E-state index contributed by atoms with van der Waals surface area (Å²) in [5.41, 5.74) is 0. The summed E-state index contributed by atoms with van der Waals surface area (Å²) in [6.07, 6.45) is 4.00. The molecule has 0 aromatic carbocycles. The zero-order valence-electron chi connectivity index (χ0n) is 14.0. The van der Waals surface area contributed by atoms with Gasteiger partial charge in [0.25, 0.3) is 0 Å². The predicted octanol–water partition coefficient (Wildman–Crippen LogP) is 1.26. The fraction of sp³-hybridized carbons (Fsp3) is 0.667. The fourth-order valence-corrected chi connectivity index (χ4v) is 2.69. The van der Waals surface area contributed by atoms with E-state index in [4.69, 9.17) is 0 Å². The van der Waals surface area contributed by atoms with Gasteiger partial charge in [-0.25, -0.2) is 8.42 Å². The third-order valence-electron chi connectivity index (χ3n) is 3.24. The molecule has 1 aromatic heterocycles. The number of nitrogens with one attached hydrogen (secondary N) is 2. The number of hydrogen-bond donors (Lipinski definition) is 2. The molecule has 0 fully saturated rings. The van der Waals surface area contributed by atoms with Crippen LogP contribution in [0.4, 0.5) is 0 Å². The zero-order valence-corrected chi connectivity index (χ0v) is 14.8.